The van der Waals surface area contributed by atoms with Crippen LogP contribution >= 0.6 is 0 Å². The SMILES string of the molecule is Cc1cc(/C=C2\C(=O)NC(=O)N(c3ccccc3F)C2=O)c(C)n1-c1cc(C(=O)O)cc(C(=O)O)c1. The van der Waals surface area contributed by atoms with Gasteiger partial charge in [-0.3, -0.25) is 14.9 Å². The molecule has 4 amide bonds. The lowest BCUT2D eigenvalue weighted by Crippen LogP contribution is -2.54. The molecule has 10 nitrogen and oxygen atoms in total. The first-order valence-corrected chi connectivity index (χ1v) is 10.5. The van der Waals surface area contributed by atoms with E-state index in [1.54, 1.807) is 24.5 Å². The smallest absolute Gasteiger partial charge is 0.336 e. The van der Waals surface area contributed by atoms with Gasteiger partial charge in [-0.15, -0.1) is 0 Å². The molecule has 4 rings (SSSR count). The molecule has 1 saturated heterocycles. The summed E-state index contributed by atoms with van der Waals surface area (Å²) in [6.45, 7) is 3.29. The third-order valence-electron chi connectivity index (χ3n) is 5.64. The molecule has 182 valence electrons. The minimum absolute atomic E-state index is 0.238. The number of barbiturate groups is 1. The van der Waals surface area contributed by atoms with E-state index in [0.29, 0.717) is 21.9 Å². The van der Waals surface area contributed by atoms with Crippen LogP contribution in [0.4, 0.5) is 14.9 Å². The van der Waals surface area contributed by atoms with Crippen molar-refractivity contribution in [2.24, 2.45) is 0 Å². The number of aromatic carboxylic acids is 2. The van der Waals surface area contributed by atoms with Crippen LogP contribution in [0, 0.1) is 19.7 Å². The number of aryl methyl sites for hydroxylation is 1. The van der Waals surface area contributed by atoms with Gasteiger partial charge in [0.05, 0.1) is 16.8 Å². The van der Waals surface area contributed by atoms with Gasteiger partial charge >= 0.3 is 18.0 Å². The summed E-state index contributed by atoms with van der Waals surface area (Å²) in [5.74, 6) is -5.46. The van der Waals surface area contributed by atoms with E-state index in [1.165, 1.54) is 36.4 Å². The number of anilines is 1. The van der Waals surface area contributed by atoms with Gasteiger partial charge in [0, 0.05) is 17.1 Å². The van der Waals surface area contributed by atoms with Crippen molar-refractivity contribution in [3.05, 3.63) is 88.0 Å². The van der Waals surface area contributed by atoms with E-state index in [2.05, 4.69) is 0 Å². The largest absolute Gasteiger partial charge is 0.478 e. The van der Waals surface area contributed by atoms with Crippen molar-refractivity contribution in [2.45, 2.75) is 13.8 Å². The summed E-state index contributed by atoms with van der Waals surface area (Å²) in [6, 6.07) is 9.24. The number of nitrogens with zero attached hydrogens (tertiary/aromatic N) is 2. The molecule has 0 bridgehead atoms. The number of para-hydroxylation sites is 1. The Labute approximate surface area is 202 Å². The highest BCUT2D eigenvalue weighted by molar-refractivity contribution is 6.39. The van der Waals surface area contributed by atoms with Crippen molar-refractivity contribution in [3.63, 3.8) is 0 Å². The minimum atomic E-state index is -1.31. The Kier molecular flexibility index (Phi) is 5.98. The highest BCUT2D eigenvalue weighted by atomic mass is 19.1. The van der Waals surface area contributed by atoms with Crippen LogP contribution in [0.5, 0.6) is 0 Å². The summed E-state index contributed by atoms with van der Waals surface area (Å²) >= 11 is 0. The van der Waals surface area contributed by atoms with Crippen LogP contribution in [0.15, 0.2) is 54.1 Å². The Balaban J connectivity index is 1.82. The van der Waals surface area contributed by atoms with Gasteiger partial charge in [0.1, 0.15) is 11.4 Å². The van der Waals surface area contributed by atoms with Gasteiger partial charge in [-0.1, -0.05) is 12.1 Å². The quantitative estimate of drug-likeness (QED) is 0.367. The third-order valence-corrected chi connectivity index (χ3v) is 5.64. The maximum atomic E-state index is 14.3. The first-order chi connectivity index (χ1) is 17.0. The molecular formula is C25H18FN3O7. The number of benzene rings is 2. The number of urea groups is 1. The van der Waals surface area contributed by atoms with Crippen molar-refractivity contribution in [2.75, 3.05) is 4.90 Å². The third kappa shape index (κ3) is 4.13. The van der Waals surface area contributed by atoms with Crippen LogP contribution in [-0.2, 0) is 9.59 Å². The fourth-order valence-electron chi connectivity index (χ4n) is 3.98. The normalized spacial score (nSPS) is 14.8. The summed E-state index contributed by atoms with van der Waals surface area (Å²) < 4.78 is 15.9. The molecule has 2 heterocycles. The topological polar surface area (TPSA) is 146 Å². The predicted octanol–water partition coefficient (Wildman–Crippen LogP) is 3.30. The zero-order valence-corrected chi connectivity index (χ0v) is 18.9. The summed E-state index contributed by atoms with van der Waals surface area (Å²) in [7, 11) is 0. The van der Waals surface area contributed by atoms with Crippen molar-refractivity contribution >= 4 is 41.5 Å². The lowest BCUT2D eigenvalue weighted by atomic mass is 10.1. The Hall–Kier alpha value is -5.06. The first kappa shape index (κ1) is 24.1. The lowest BCUT2D eigenvalue weighted by molar-refractivity contribution is -0.122. The van der Waals surface area contributed by atoms with Crippen LogP contribution < -0.4 is 10.2 Å². The fourth-order valence-corrected chi connectivity index (χ4v) is 3.98. The van der Waals surface area contributed by atoms with E-state index in [9.17, 15) is 38.6 Å². The van der Waals surface area contributed by atoms with Gasteiger partial charge in [-0.05, 0) is 61.9 Å². The molecule has 11 heteroatoms. The predicted molar refractivity (Wildman–Crippen MR) is 125 cm³/mol. The highest BCUT2D eigenvalue weighted by Crippen LogP contribution is 2.28. The second-order valence-corrected chi connectivity index (χ2v) is 7.95. The van der Waals surface area contributed by atoms with E-state index >= 15 is 0 Å². The molecule has 1 fully saturated rings. The van der Waals surface area contributed by atoms with Crippen molar-refractivity contribution < 1.29 is 38.6 Å². The van der Waals surface area contributed by atoms with E-state index in [0.717, 1.165) is 12.1 Å². The van der Waals surface area contributed by atoms with Crippen LogP contribution in [0.25, 0.3) is 11.8 Å². The fraction of sp³-hybridized carbons (Fsp3) is 0.0800. The van der Waals surface area contributed by atoms with Gasteiger partial charge in [-0.25, -0.2) is 23.7 Å². The molecule has 0 aliphatic carbocycles. The van der Waals surface area contributed by atoms with Gasteiger partial charge in [0.25, 0.3) is 11.8 Å². The van der Waals surface area contributed by atoms with Gasteiger partial charge in [0.2, 0.25) is 0 Å². The number of aromatic nitrogens is 1. The molecule has 3 aromatic rings. The van der Waals surface area contributed by atoms with Crippen LogP contribution in [-0.4, -0.2) is 44.6 Å². The maximum Gasteiger partial charge on any atom is 0.336 e. The van der Waals surface area contributed by atoms with Gasteiger partial charge in [-0.2, -0.15) is 0 Å². The average Bonchev–Trinajstić information content (AvgIpc) is 3.10. The van der Waals surface area contributed by atoms with E-state index < -0.39 is 41.2 Å². The monoisotopic (exact) mass is 491 g/mol. The number of hydrogen-bond acceptors (Lipinski definition) is 5. The maximum absolute atomic E-state index is 14.3. The van der Waals surface area contributed by atoms with Crippen LogP contribution in [0.1, 0.15) is 37.7 Å². The average molecular weight is 491 g/mol. The van der Waals surface area contributed by atoms with Gasteiger partial charge in [0.15, 0.2) is 0 Å². The Bertz CT molecular complexity index is 1490. The first-order valence-electron chi connectivity index (χ1n) is 10.5. The number of imide groups is 2. The van der Waals surface area contributed by atoms with Crippen LogP contribution in [0.2, 0.25) is 0 Å². The Morgan fingerprint density at radius 1 is 0.944 bits per heavy atom. The standard InChI is InChI=1S/C25H18FN3O7/c1-12-7-14(13(2)28(12)17-9-15(23(32)33)8-16(10-17)24(34)35)11-18-21(30)27-25(36)29(22(18)31)20-6-4-3-5-19(20)26/h3-11H,1-2H3,(H,32,33)(H,34,35)(H,27,30,36)/b18-11+. The molecule has 36 heavy (non-hydrogen) atoms. The summed E-state index contributed by atoms with van der Waals surface area (Å²) in [6.07, 6.45) is 1.23. The Morgan fingerprint density at radius 3 is 2.14 bits per heavy atom. The molecule has 0 saturated carbocycles. The number of carbonyl (C=O) groups excluding carboxylic acids is 3. The number of hydrogen-bond donors (Lipinski definition) is 3. The van der Waals surface area contributed by atoms with Crippen molar-refractivity contribution in [1.82, 2.24) is 9.88 Å². The van der Waals surface area contributed by atoms with Crippen molar-refractivity contribution in [1.29, 1.82) is 0 Å². The molecule has 0 radical (unpaired) electrons. The molecule has 0 unspecified atom stereocenters. The Morgan fingerprint density at radius 2 is 1.56 bits per heavy atom. The molecule has 2 aromatic carbocycles. The molecule has 0 atom stereocenters. The van der Waals surface area contributed by atoms with E-state index in [1.807, 2.05) is 5.32 Å². The lowest BCUT2D eigenvalue weighted by Gasteiger charge is -2.26. The highest BCUT2D eigenvalue weighted by Gasteiger charge is 2.38. The summed E-state index contributed by atoms with van der Waals surface area (Å²) in [5, 5.41) is 20.8. The number of halogens is 1. The zero-order chi connectivity index (χ0) is 26.3. The summed E-state index contributed by atoms with van der Waals surface area (Å²) in [5.41, 5.74) is 0.384. The second-order valence-electron chi connectivity index (χ2n) is 7.95. The number of carbonyl (C=O) groups is 5. The number of amides is 4. The number of nitrogens with one attached hydrogen (secondary N) is 1. The second kappa shape index (κ2) is 8.95. The number of rotatable bonds is 5. The molecular weight excluding hydrogens is 473 g/mol. The van der Waals surface area contributed by atoms with Gasteiger partial charge < -0.3 is 14.8 Å². The molecule has 1 aliphatic rings. The molecule has 3 N–H and O–H groups in total. The molecule has 1 aliphatic heterocycles. The van der Waals surface area contributed by atoms with Crippen molar-refractivity contribution in [3.8, 4) is 5.69 Å². The number of carboxylic acid groups (broad SMARTS) is 2. The molecule has 0 spiro atoms. The minimum Gasteiger partial charge on any atom is -0.478 e. The van der Waals surface area contributed by atoms with Crippen LogP contribution in [0.3, 0.4) is 0 Å². The summed E-state index contributed by atoms with van der Waals surface area (Å²) in [4.78, 5) is 61.5. The number of carboxylic acids is 2. The van der Waals surface area contributed by atoms with E-state index in [4.69, 9.17) is 0 Å². The zero-order valence-electron chi connectivity index (χ0n) is 18.9. The molecule has 1 aromatic heterocycles. The van der Waals surface area contributed by atoms with E-state index in [-0.39, 0.29) is 22.5 Å².